The molecule has 0 fully saturated rings. The van der Waals surface area contributed by atoms with Crippen LogP contribution in [0, 0.1) is 12.8 Å². The molecule has 0 saturated heterocycles. The Balaban J connectivity index is 2.21. The Hall–Kier alpha value is -0.890. The van der Waals surface area contributed by atoms with Crippen molar-refractivity contribution in [1.29, 1.82) is 0 Å². The second-order valence-electron chi connectivity index (χ2n) is 4.16. The summed E-state index contributed by atoms with van der Waals surface area (Å²) in [5, 5.41) is 3.42. The quantitative estimate of drug-likeness (QED) is 0.723. The van der Waals surface area contributed by atoms with Crippen LogP contribution in [-0.4, -0.2) is 18.1 Å². The molecular formula is C12H20N2. The zero-order valence-electron chi connectivity index (χ0n) is 9.38. The summed E-state index contributed by atoms with van der Waals surface area (Å²) in [6.45, 7) is 8.60. The molecule has 0 aromatic carbocycles. The van der Waals surface area contributed by atoms with Crippen molar-refractivity contribution < 1.29 is 0 Å². The Morgan fingerprint density at radius 2 is 2.14 bits per heavy atom. The van der Waals surface area contributed by atoms with E-state index in [0.717, 1.165) is 31.1 Å². The SMILES string of the molecule is Cc1ccc(CCNCC(C)C)cn1. The van der Waals surface area contributed by atoms with Crippen LogP contribution in [0.1, 0.15) is 25.1 Å². The molecule has 1 aromatic heterocycles. The lowest BCUT2D eigenvalue weighted by Gasteiger charge is -2.06. The van der Waals surface area contributed by atoms with Crippen LogP contribution in [0.25, 0.3) is 0 Å². The maximum atomic E-state index is 4.27. The van der Waals surface area contributed by atoms with Crippen LogP contribution in [0.5, 0.6) is 0 Å². The van der Waals surface area contributed by atoms with Crippen molar-refractivity contribution in [2.75, 3.05) is 13.1 Å². The molecule has 0 radical (unpaired) electrons. The minimum Gasteiger partial charge on any atom is -0.316 e. The molecule has 78 valence electrons. The molecule has 0 spiro atoms. The largest absolute Gasteiger partial charge is 0.316 e. The van der Waals surface area contributed by atoms with Gasteiger partial charge in [-0.1, -0.05) is 19.9 Å². The summed E-state index contributed by atoms with van der Waals surface area (Å²) in [5.74, 6) is 0.728. The second-order valence-corrected chi connectivity index (χ2v) is 4.16. The molecule has 1 heterocycles. The van der Waals surface area contributed by atoms with Gasteiger partial charge in [0.1, 0.15) is 0 Å². The summed E-state index contributed by atoms with van der Waals surface area (Å²) in [5.41, 5.74) is 2.40. The first kappa shape index (κ1) is 11.2. The highest BCUT2D eigenvalue weighted by Gasteiger charge is 1.95. The number of nitrogens with one attached hydrogen (secondary N) is 1. The fraction of sp³-hybridized carbons (Fsp3) is 0.583. The predicted molar refractivity (Wildman–Crippen MR) is 60.4 cm³/mol. The van der Waals surface area contributed by atoms with Crippen LogP contribution in [0.3, 0.4) is 0 Å². The zero-order valence-corrected chi connectivity index (χ0v) is 9.38. The zero-order chi connectivity index (χ0) is 10.4. The number of pyridine rings is 1. The monoisotopic (exact) mass is 192 g/mol. The first-order valence-electron chi connectivity index (χ1n) is 5.30. The highest BCUT2D eigenvalue weighted by atomic mass is 14.8. The van der Waals surface area contributed by atoms with Gasteiger partial charge in [0.25, 0.3) is 0 Å². The molecule has 0 aliphatic carbocycles. The number of hydrogen-bond acceptors (Lipinski definition) is 2. The van der Waals surface area contributed by atoms with Crippen LogP contribution in [0.4, 0.5) is 0 Å². The summed E-state index contributed by atoms with van der Waals surface area (Å²) in [6.07, 6.45) is 3.03. The number of aromatic nitrogens is 1. The van der Waals surface area contributed by atoms with Crippen molar-refractivity contribution >= 4 is 0 Å². The summed E-state index contributed by atoms with van der Waals surface area (Å²) >= 11 is 0. The van der Waals surface area contributed by atoms with Crippen molar-refractivity contribution in [2.24, 2.45) is 5.92 Å². The van der Waals surface area contributed by atoms with Crippen molar-refractivity contribution in [1.82, 2.24) is 10.3 Å². The average Bonchev–Trinajstić information content (AvgIpc) is 2.15. The molecule has 2 heteroatoms. The van der Waals surface area contributed by atoms with Gasteiger partial charge in [0.2, 0.25) is 0 Å². The molecular weight excluding hydrogens is 172 g/mol. The molecule has 0 amide bonds. The van der Waals surface area contributed by atoms with Gasteiger partial charge in [-0.3, -0.25) is 4.98 Å². The van der Waals surface area contributed by atoms with E-state index in [2.05, 4.69) is 36.3 Å². The maximum absolute atomic E-state index is 4.27. The van der Waals surface area contributed by atoms with Crippen molar-refractivity contribution in [3.63, 3.8) is 0 Å². The van der Waals surface area contributed by atoms with Gasteiger partial charge in [0, 0.05) is 11.9 Å². The minimum absolute atomic E-state index is 0.728. The van der Waals surface area contributed by atoms with Gasteiger partial charge in [-0.2, -0.15) is 0 Å². The van der Waals surface area contributed by atoms with Gasteiger partial charge < -0.3 is 5.32 Å². The number of aryl methyl sites for hydroxylation is 1. The number of rotatable bonds is 5. The Morgan fingerprint density at radius 1 is 1.36 bits per heavy atom. The van der Waals surface area contributed by atoms with Crippen LogP contribution in [0.15, 0.2) is 18.3 Å². The fourth-order valence-corrected chi connectivity index (χ4v) is 1.27. The molecule has 0 aliphatic rings. The molecule has 0 aliphatic heterocycles. The molecule has 0 unspecified atom stereocenters. The maximum Gasteiger partial charge on any atom is 0.0372 e. The van der Waals surface area contributed by atoms with E-state index in [1.165, 1.54) is 5.56 Å². The van der Waals surface area contributed by atoms with E-state index in [4.69, 9.17) is 0 Å². The normalized spacial score (nSPS) is 10.9. The molecule has 1 rings (SSSR count). The van der Waals surface area contributed by atoms with Gasteiger partial charge in [0.05, 0.1) is 0 Å². The van der Waals surface area contributed by atoms with E-state index in [0.29, 0.717) is 0 Å². The first-order valence-corrected chi connectivity index (χ1v) is 5.30. The summed E-state index contributed by atoms with van der Waals surface area (Å²) < 4.78 is 0. The molecule has 0 bridgehead atoms. The van der Waals surface area contributed by atoms with Crippen molar-refractivity contribution in [3.8, 4) is 0 Å². The van der Waals surface area contributed by atoms with E-state index in [1.54, 1.807) is 0 Å². The van der Waals surface area contributed by atoms with Crippen molar-refractivity contribution in [3.05, 3.63) is 29.6 Å². The average molecular weight is 192 g/mol. The van der Waals surface area contributed by atoms with Gasteiger partial charge in [-0.05, 0) is 44.0 Å². The lowest BCUT2D eigenvalue weighted by molar-refractivity contribution is 0.554. The predicted octanol–water partition coefficient (Wildman–Crippen LogP) is 2.18. The van der Waals surface area contributed by atoms with Gasteiger partial charge >= 0.3 is 0 Å². The Kier molecular flexibility index (Phi) is 4.60. The summed E-state index contributed by atoms with van der Waals surface area (Å²) in [4.78, 5) is 4.27. The van der Waals surface area contributed by atoms with Gasteiger partial charge in [0.15, 0.2) is 0 Å². The van der Waals surface area contributed by atoms with Crippen molar-refractivity contribution in [2.45, 2.75) is 27.2 Å². The van der Waals surface area contributed by atoms with E-state index in [-0.39, 0.29) is 0 Å². The standard InChI is InChI=1S/C12H20N2/c1-10(2)8-13-7-6-12-5-4-11(3)14-9-12/h4-5,9-10,13H,6-8H2,1-3H3. The molecule has 14 heavy (non-hydrogen) atoms. The third kappa shape index (κ3) is 4.38. The Morgan fingerprint density at radius 3 is 2.71 bits per heavy atom. The summed E-state index contributed by atoms with van der Waals surface area (Å²) in [7, 11) is 0. The third-order valence-corrected chi connectivity index (χ3v) is 2.12. The topological polar surface area (TPSA) is 24.9 Å². The lowest BCUT2D eigenvalue weighted by Crippen LogP contribution is -2.22. The highest BCUT2D eigenvalue weighted by molar-refractivity contribution is 5.13. The van der Waals surface area contributed by atoms with Crippen LogP contribution in [0.2, 0.25) is 0 Å². The Labute approximate surface area is 86.8 Å². The second kappa shape index (κ2) is 5.76. The van der Waals surface area contributed by atoms with E-state index < -0.39 is 0 Å². The smallest absolute Gasteiger partial charge is 0.0372 e. The molecule has 1 aromatic rings. The van der Waals surface area contributed by atoms with Gasteiger partial charge in [-0.15, -0.1) is 0 Å². The molecule has 1 N–H and O–H groups in total. The van der Waals surface area contributed by atoms with E-state index in [9.17, 15) is 0 Å². The van der Waals surface area contributed by atoms with Crippen LogP contribution >= 0.6 is 0 Å². The van der Waals surface area contributed by atoms with Gasteiger partial charge in [-0.25, -0.2) is 0 Å². The number of nitrogens with zero attached hydrogens (tertiary/aromatic N) is 1. The fourth-order valence-electron chi connectivity index (χ4n) is 1.27. The third-order valence-electron chi connectivity index (χ3n) is 2.12. The van der Waals surface area contributed by atoms with E-state index >= 15 is 0 Å². The van der Waals surface area contributed by atoms with Crippen LogP contribution in [-0.2, 0) is 6.42 Å². The molecule has 2 nitrogen and oxygen atoms in total. The van der Waals surface area contributed by atoms with Crippen LogP contribution < -0.4 is 5.32 Å². The Bertz CT molecular complexity index is 252. The van der Waals surface area contributed by atoms with E-state index in [1.807, 2.05) is 13.1 Å². The summed E-state index contributed by atoms with van der Waals surface area (Å²) in [6, 6.07) is 4.22. The number of hydrogen-bond donors (Lipinski definition) is 1. The lowest BCUT2D eigenvalue weighted by atomic mass is 10.2. The minimum atomic E-state index is 0.728. The molecule has 0 atom stereocenters. The molecule has 0 saturated carbocycles. The first-order chi connectivity index (χ1) is 6.68. The highest BCUT2D eigenvalue weighted by Crippen LogP contribution is 1.99.